The van der Waals surface area contributed by atoms with Gasteiger partial charge in [0.15, 0.2) is 0 Å². The maximum absolute atomic E-state index is 11.6. The molecule has 0 N–H and O–H groups in total. The highest BCUT2D eigenvalue weighted by Gasteiger charge is 2.34. The zero-order valence-corrected chi connectivity index (χ0v) is 16.0. The van der Waals surface area contributed by atoms with Crippen molar-refractivity contribution in [2.24, 2.45) is 0 Å². The predicted octanol–water partition coefficient (Wildman–Crippen LogP) is 4.41. The number of carbonyl (C=O) groups excluding carboxylic acids is 1. The molecule has 1 aliphatic carbocycles. The molecule has 0 amide bonds. The van der Waals surface area contributed by atoms with Crippen molar-refractivity contribution < 1.29 is 9.53 Å². The van der Waals surface area contributed by atoms with Crippen LogP contribution >= 0.6 is 12.4 Å². The Labute approximate surface area is 162 Å². The van der Waals surface area contributed by atoms with E-state index < -0.39 is 0 Å². The molecule has 3 nitrogen and oxygen atoms in total. The summed E-state index contributed by atoms with van der Waals surface area (Å²) in [6.07, 6.45) is 6.77. The number of hydrogen-bond acceptors (Lipinski definition) is 3. The van der Waals surface area contributed by atoms with Crippen molar-refractivity contribution in [3.63, 3.8) is 0 Å². The number of benzene rings is 2. The molecule has 2 atom stereocenters. The van der Waals surface area contributed by atoms with Crippen LogP contribution in [0.15, 0.2) is 42.5 Å². The van der Waals surface area contributed by atoms with E-state index in [1.165, 1.54) is 35.6 Å². The molecule has 4 heteroatoms. The van der Waals surface area contributed by atoms with Gasteiger partial charge in [-0.05, 0) is 35.6 Å². The number of rotatable bonds is 5. The molecule has 140 valence electrons. The Morgan fingerprint density at radius 2 is 1.85 bits per heavy atom. The van der Waals surface area contributed by atoms with Gasteiger partial charge in [0.2, 0.25) is 0 Å². The standard InChI is InChI=1S/C22H27NO2.ClH/c24-19-12-14-23(16-19)21-10-3-4-11-22(21)25-15-13-18-8-5-7-17-6-1-2-9-20(17)18;/h1-2,5-9,21-22H,3-4,10-16H2;1H/t21-,22+;/m1./s1. The van der Waals surface area contributed by atoms with Crippen LogP contribution in [0.4, 0.5) is 0 Å². The average Bonchev–Trinajstić information content (AvgIpc) is 3.08. The van der Waals surface area contributed by atoms with Crippen LogP contribution in [0.1, 0.15) is 37.7 Å². The van der Waals surface area contributed by atoms with Crippen LogP contribution in [0.3, 0.4) is 0 Å². The summed E-state index contributed by atoms with van der Waals surface area (Å²) in [5.74, 6) is 0.389. The molecule has 2 aliphatic rings. The molecule has 1 saturated heterocycles. The predicted molar refractivity (Wildman–Crippen MR) is 108 cm³/mol. The summed E-state index contributed by atoms with van der Waals surface area (Å²) < 4.78 is 6.34. The number of ketones is 1. The van der Waals surface area contributed by atoms with Crippen LogP contribution in [0.5, 0.6) is 0 Å². The third-order valence-electron chi connectivity index (χ3n) is 5.78. The molecule has 0 aromatic heterocycles. The molecule has 0 unspecified atom stereocenters. The summed E-state index contributed by atoms with van der Waals surface area (Å²) in [7, 11) is 0. The van der Waals surface area contributed by atoms with Crippen molar-refractivity contribution in [2.45, 2.75) is 50.7 Å². The number of ether oxygens (including phenoxy) is 1. The van der Waals surface area contributed by atoms with Gasteiger partial charge < -0.3 is 4.74 Å². The summed E-state index contributed by atoms with van der Waals surface area (Å²) >= 11 is 0. The topological polar surface area (TPSA) is 29.5 Å². The van der Waals surface area contributed by atoms with E-state index in [1.54, 1.807) is 0 Å². The quantitative estimate of drug-likeness (QED) is 0.777. The number of halogens is 1. The van der Waals surface area contributed by atoms with Crippen molar-refractivity contribution in [2.75, 3.05) is 19.7 Å². The number of hydrogen-bond donors (Lipinski definition) is 0. The molecular weight excluding hydrogens is 346 g/mol. The van der Waals surface area contributed by atoms with E-state index >= 15 is 0 Å². The van der Waals surface area contributed by atoms with Crippen LogP contribution in [0, 0.1) is 0 Å². The fraction of sp³-hybridized carbons (Fsp3) is 0.500. The lowest BCUT2D eigenvalue weighted by atomic mass is 9.91. The summed E-state index contributed by atoms with van der Waals surface area (Å²) in [4.78, 5) is 14.0. The maximum atomic E-state index is 11.6. The molecular formula is C22H28ClNO2. The first-order chi connectivity index (χ1) is 12.3. The average molecular weight is 374 g/mol. The van der Waals surface area contributed by atoms with E-state index in [0.29, 0.717) is 18.4 Å². The summed E-state index contributed by atoms with van der Waals surface area (Å²) in [6.45, 7) is 2.32. The molecule has 4 rings (SSSR count). The molecule has 1 aliphatic heterocycles. The van der Waals surface area contributed by atoms with E-state index in [0.717, 1.165) is 32.4 Å². The SMILES string of the molecule is Cl.O=C1CCN([C@@H]2CCCC[C@@H]2OCCc2cccc3ccccc23)C1. The lowest BCUT2D eigenvalue weighted by molar-refractivity contribution is -0.117. The normalized spacial score (nSPS) is 23.9. The number of carbonyl (C=O) groups is 1. The largest absolute Gasteiger partial charge is 0.376 e. The van der Waals surface area contributed by atoms with Crippen LogP contribution in [0.25, 0.3) is 10.8 Å². The Morgan fingerprint density at radius 3 is 2.69 bits per heavy atom. The van der Waals surface area contributed by atoms with Crippen LogP contribution in [0.2, 0.25) is 0 Å². The molecule has 0 radical (unpaired) electrons. The van der Waals surface area contributed by atoms with Crippen molar-refractivity contribution >= 4 is 29.0 Å². The zero-order valence-electron chi connectivity index (χ0n) is 15.2. The highest BCUT2D eigenvalue weighted by molar-refractivity contribution is 5.86. The second-order valence-electron chi connectivity index (χ2n) is 7.41. The summed E-state index contributed by atoms with van der Waals surface area (Å²) in [5, 5.41) is 2.63. The molecule has 2 aromatic rings. The van der Waals surface area contributed by atoms with Gasteiger partial charge in [-0.2, -0.15) is 0 Å². The lowest BCUT2D eigenvalue weighted by Gasteiger charge is -2.37. The first-order valence-corrected chi connectivity index (χ1v) is 9.65. The molecule has 2 aromatic carbocycles. The molecule has 0 bridgehead atoms. The summed E-state index contributed by atoms with van der Waals surface area (Å²) in [6, 6.07) is 15.5. The van der Waals surface area contributed by atoms with E-state index in [2.05, 4.69) is 47.4 Å². The van der Waals surface area contributed by atoms with E-state index in [4.69, 9.17) is 4.74 Å². The molecule has 0 spiro atoms. The van der Waals surface area contributed by atoms with Crippen molar-refractivity contribution in [1.82, 2.24) is 4.90 Å². The Balaban J connectivity index is 0.00000196. The van der Waals surface area contributed by atoms with Gasteiger partial charge in [0.25, 0.3) is 0 Å². The number of likely N-dealkylation sites (tertiary alicyclic amines) is 1. The molecule has 26 heavy (non-hydrogen) atoms. The van der Waals surface area contributed by atoms with E-state index in [9.17, 15) is 4.79 Å². The van der Waals surface area contributed by atoms with Crippen LogP contribution in [-0.4, -0.2) is 42.5 Å². The number of fused-ring (bicyclic) bond motifs is 1. The minimum atomic E-state index is 0. The number of Topliss-reactive ketones (excluding diaryl/α,β-unsaturated/α-hetero) is 1. The fourth-order valence-corrected chi connectivity index (χ4v) is 4.46. The van der Waals surface area contributed by atoms with Crippen LogP contribution in [-0.2, 0) is 16.0 Å². The maximum Gasteiger partial charge on any atom is 0.148 e. The molecule has 2 fully saturated rings. The zero-order chi connectivity index (χ0) is 17.1. The molecule has 1 heterocycles. The van der Waals surface area contributed by atoms with Gasteiger partial charge >= 0.3 is 0 Å². The van der Waals surface area contributed by atoms with Crippen molar-refractivity contribution in [1.29, 1.82) is 0 Å². The van der Waals surface area contributed by atoms with Gasteiger partial charge in [-0.25, -0.2) is 0 Å². The van der Waals surface area contributed by atoms with Gasteiger partial charge in [-0.3, -0.25) is 9.69 Å². The highest BCUT2D eigenvalue weighted by atomic mass is 35.5. The minimum absolute atomic E-state index is 0. The van der Waals surface area contributed by atoms with Crippen LogP contribution < -0.4 is 0 Å². The summed E-state index contributed by atoms with van der Waals surface area (Å²) in [5.41, 5.74) is 1.36. The fourth-order valence-electron chi connectivity index (χ4n) is 4.46. The van der Waals surface area contributed by atoms with E-state index in [1.807, 2.05) is 0 Å². The Hall–Kier alpha value is -1.42. The minimum Gasteiger partial charge on any atom is -0.376 e. The first kappa shape index (κ1) is 19.3. The van der Waals surface area contributed by atoms with Crippen molar-refractivity contribution in [3.8, 4) is 0 Å². The second-order valence-corrected chi connectivity index (χ2v) is 7.41. The van der Waals surface area contributed by atoms with Gasteiger partial charge in [0.05, 0.1) is 19.3 Å². The Kier molecular flexibility index (Phi) is 6.68. The van der Waals surface area contributed by atoms with E-state index in [-0.39, 0.29) is 18.5 Å². The van der Waals surface area contributed by atoms with Gasteiger partial charge in [0.1, 0.15) is 5.78 Å². The third-order valence-corrected chi connectivity index (χ3v) is 5.78. The Morgan fingerprint density at radius 1 is 1.04 bits per heavy atom. The molecule has 1 saturated carbocycles. The third kappa shape index (κ3) is 4.28. The van der Waals surface area contributed by atoms with Gasteiger partial charge in [0, 0.05) is 19.0 Å². The lowest BCUT2D eigenvalue weighted by Crippen LogP contribution is -2.45. The first-order valence-electron chi connectivity index (χ1n) is 9.65. The van der Waals surface area contributed by atoms with Crippen molar-refractivity contribution in [3.05, 3.63) is 48.0 Å². The second kappa shape index (κ2) is 8.98. The van der Waals surface area contributed by atoms with Gasteiger partial charge in [-0.1, -0.05) is 55.3 Å². The van der Waals surface area contributed by atoms with Gasteiger partial charge in [-0.15, -0.1) is 12.4 Å². The highest BCUT2D eigenvalue weighted by Crippen LogP contribution is 2.28. The number of nitrogens with zero attached hydrogens (tertiary/aromatic N) is 1. The smallest absolute Gasteiger partial charge is 0.148 e. The Bertz CT molecular complexity index is 743. The monoisotopic (exact) mass is 373 g/mol.